The van der Waals surface area contributed by atoms with Crippen molar-refractivity contribution >= 4 is 55.7 Å². The molecule has 3 unspecified atom stereocenters. The molecule has 0 fully saturated rings. The normalized spacial score (nSPS) is 18.1. The second-order valence-corrected chi connectivity index (χ2v) is 13.4. The smallest absolute Gasteiger partial charge is 0.361 e. The van der Waals surface area contributed by atoms with Crippen molar-refractivity contribution in [2.45, 2.75) is 10.9 Å². The second kappa shape index (κ2) is 8.34. The summed E-state index contributed by atoms with van der Waals surface area (Å²) in [5, 5.41) is 0. The second-order valence-electron chi connectivity index (χ2n) is 5.09. The third-order valence-corrected chi connectivity index (χ3v) is 11.4. The Hall–Kier alpha value is -0.720. The Kier molecular flexibility index (Phi) is 6.97. The van der Waals surface area contributed by atoms with Crippen LogP contribution in [0.5, 0.6) is 0 Å². The molecule has 0 bridgehead atoms. The van der Waals surface area contributed by atoms with E-state index in [9.17, 15) is 23.5 Å². The van der Waals surface area contributed by atoms with Crippen LogP contribution in [-0.2, 0) is 29.3 Å². The van der Waals surface area contributed by atoms with Crippen LogP contribution in [0.1, 0.15) is 0 Å². The van der Waals surface area contributed by atoms with Crippen LogP contribution in [0, 0.1) is 0 Å². The predicted molar refractivity (Wildman–Crippen MR) is 96.0 cm³/mol. The molecule has 14 nitrogen and oxygen atoms in total. The molecule has 3 atom stereocenters. The fourth-order valence-corrected chi connectivity index (χ4v) is 6.74. The van der Waals surface area contributed by atoms with E-state index in [1.54, 1.807) is 0 Å². The first-order valence-corrected chi connectivity index (χ1v) is 12.9. The zero-order valence-corrected chi connectivity index (χ0v) is 17.5. The summed E-state index contributed by atoms with van der Waals surface area (Å²) in [5.74, 6) is 0.181. The quantitative estimate of drug-likeness (QED) is 0.178. The highest BCUT2D eigenvalue weighted by Crippen LogP contribution is 2.71. The summed E-state index contributed by atoms with van der Waals surface area (Å²) in [7, 11) is -15.0. The minimum atomic E-state index is -5.15. The Labute approximate surface area is 160 Å². The first kappa shape index (κ1) is 22.6. The van der Waals surface area contributed by atoms with Gasteiger partial charge in [0.25, 0.3) is 0 Å². The Balaban J connectivity index is 1.92. The summed E-state index contributed by atoms with van der Waals surface area (Å²) in [5.41, 5.74) is 6.43. The van der Waals surface area contributed by atoms with Gasteiger partial charge in [-0.05, 0) is 0 Å². The molecule has 0 aliphatic rings. The zero-order chi connectivity index (χ0) is 20.5. The number of halogens is 1. The minimum Gasteiger partial charge on any atom is -0.382 e. The lowest BCUT2D eigenvalue weighted by Crippen LogP contribution is -2.09. The Bertz CT molecular complexity index is 964. The highest BCUT2D eigenvalue weighted by molar-refractivity contribution is 9.12. The number of fused-ring (bicyclic) bond motifs is 1. The van der Waals surface area contributed by atoms with Crippen molar-refractivity contribution < 1.29 is 42.3 Å². The number of anilines is 1. The SMILES string of the molecule is Nc1ncnc2c1ncn2CCOCP(=O)(O)OP(=O)(O)C(Br)P(=O)(O)O. The molecule has 0 amide bonds. The maximum absolute atomic E-state index is 11.8. The van der Waals surface area contributed by atoms with Crippen LogP contribution < -0.4 is 5.73 Å². The maximum Gasteiger partial charge on any atom is 0.361 e. The molecule has 0 saturated carbocycles. The Morgan fingerprint density at radius 2 is 1.85 bits per heavy atom. The number of nitrogen functional groups attached to an aromatic ring is 1. The maximum atomic E-state index is 11.8. The summed E-state index contributed by atoms with van der Waals surface area (Å²) in [6.07, 6.45) is 1.66. The van der Waals surface area contributed by atoms with Gasteiger partial charge in [-0.2, -0.15) is 0 Å². The first-order chi connectivity index (χ1) is 12.3. The number of hydrogen-bond donors (Lipinski definition) is 5. The van der Waals surface area contributed by atoms with E-state index < -0.39 is 33.4 Å². The fourth-order valence-electron chi connectivity index (χ4n) is 1.84. The van der Waals surface area contributed by atoms with Crippen LogP contribution in [0.2, 0.25) is 0 Å². The molecule has 18 heteroatoms. The molecule has 6 N–H and O–H groups in total. The van der Waals surface area contributed by atoms with Crippen molar-refractivity contribution in [1.82, 2.24) is 19.5 Å². The van der Waals surface area contributed by atoms with E-state index >= 15 is 0 Å². The Morgan fingerprint density at radius 3 is 2.48 bits per heavy atom. The van der Waals surface area contributed by atoms with Gasteiger partial charge in [-0.15, -0.1) is 0 Å². The summed E-state index contributed by atoms with van der Waals surface area (Å²) in [6, 6.07) is 0. The fraction of sp³-hybridized carbons (Fsp3) is 0.444. The van der Waals surface area contributed by atoms with E-state index in [-0.39, 0.29) is 19.0 Å². The largest absolute Gasteiger partial charge is 0.382 e. The molecule has 0 saturated heterocycles. The molecule has 2 rings (SSSR count). The van der Waals surface area contributed by atoms with Crippen molar-refractivity contribution in [3.8, 4) is 0 Å². The van der Waals surface area contributed by atoms with E-state index in [4.69, 9.17) is 20.3 Å². The van der Waals surface area contributed by atoms with Crippen LogP contribution in [0.3, 0.4) is 0 Å². The van der Waals surface area contributed by atoms with Gasteiger partial charge in [0.2, 0.25) is 4.31 Å². The molecule has 0 spiro atoms. The topological polar surface area (TPSA) is 220 Å². The zero-order valence-electron chi connectivity index (χ0n) is 13.3. The highest BCUT2D eigenvalue weighted by atomic mass is 79.9. The van der Waals surface area contributed by atoms with Gasteiger partial charge >= 0.3 is 22.8 Å². The molecule has 2 aromatic rings. The third kappa shape index (κ3) is 5.88. The van der Waals surface area contributed by atoms with Crippen LogP contribution >= 0.6 is 38.7 Å². The number of alkyl halides is 1. The number of nitrogens with two attached hydrogens (primary N) is 1. The van der Waals surface area contributed by atoms with E-state index in [1.807, 2.05) is 0 Å². The van der Waals surface area contributed by atoms with Crippen LogP contribution in [0.25, 0.3) is 11.2 Å². The number of imidazole rings is 1. The van der Waals surface area contributed by atoms with Crippen molar-refractivity contribution in [3.05, 3.63) is 12.7 Å². The number of hydrogen-bond acceptors (Lipinski definition) is 9. The molecule has 0 radical (unpaired) electrons. The summed E-state index contributed by atoms with van der Waals surface area (Å²) in [4.78, 5) is 48.6. The molecule has 2 aromatic heterocycles. The average molecular weight is 510 g/mol. The van der Waals surface area contributed by atoms with Gasteiger partial charge in [-0.3, -0.25) is 13.7 Å². The number of ether oxygens (including phenoxy) is 1. The van der Waals surface area contributed by atoms with E-state index in [0.717, 1.165) is 0 Å². The van der Waals surface area contributed by atoms with Crippen molar-refractivity contribution in [3.63, 3.8) is 0 Å². The average Bonchev–Trinajstić information content (AvgIpc) is 2.93. The van der Waals surface area contributed by atoms with E-state index in [1.165, 1.54) is 17.2 Å². The third-order valence-electron chi connectivity index (χ3n) is 2.95. The van der Waals surface area contributed by atoms with Crippen LogP contribution in [0.15, 0.2) is 12.7 Å². The molecular formula is C9H15BrN5O9P3. The number of nitrogens with zero attached hydrogens (tertiary/aromatic N) is 4. The molecule has 0 aromatic carbocycles. The monoisotopic (exact) mass is 509 g/mol. The molecule has 152 valence electrons. The van der Waals surface area contributed by atoms with Crippen LogP contribution in [-0.4, -0.2) is 56.4 Å². The van der Waals surface area contributed by atoms with E-state index in [0.29, 0.717) is 11.2 Å². The number of aromatic nitrogens is 4. The van der Waals surface area contributed by atoms with E-state index in [2.05, 4.69) is 35.2 Å². The van der Waals surface area contributed by atoms with Crippen LogP contribution in [0.4, 0.5) is 5.82 Å². The lowest BCUT2D eigenvalue weighted by atomic mass is 10.5. The summed E-state index contributed by atoms with van der Waals surface area (Å²) >= 11 is 2.30. The van der Waals surface area contributed by atoms with Gasteiger partial charge < -0.3 is 34.6 Å². The molecule has 27 heavy (non-hydrogen) atoms. The standard InChI is InChI=1S/C9H15BrN5O9P3/c10-9(26(18,19)20)27(21,22)24-25(16,17)5-23-2-1-15-4-14-6-7(11)12-3-13-8(6)15/h3-4,9H,1-2,5H2,(H,16,17)(H,21,22)(H2,11,12,13)(H2,18,19,20). The van der Waals surface area contributed by atoms with Gasteiger partial charge in [-0.25, -0.2) is 19.3 Å². The van der Waals surface area contributed by atoms with Gasteiger partial charge in [0, 0.05) is 6.54 Å². The number of rotatable bonds is 9. The minimum absolute atomic E-state index is 0.130. The van der Waals surface area contributed by atoms with Crippen molar-refractivity contribution in [2.75, 3.05) is 18.7 Å². The van der Waals surface area contributed by atoms with Gasteiger partial charge in [0.1, 0.15) is 18.2 Å². The van der Waals surface area contributed by atoms with Gasteiger partial charge in [0.05, 0.1) is 12.9 Å². The summed E-state index contributed by atoms with van der Waals surface area (Å²) < 4.78 is 42.8. The summed E-state index contributed by atoms with van der Waals surface area (Å²) in [6.45, 7) is 0.0164. The molecule has 2 heterocycles. The lowest BCUT2D eigenvalue weighted by Gasteiger charge is -2.21. The Morgan fingerprint density at radius 1 is 1.19 bits per heavy atom. The molecule has 0 aliphatic carbocycles. The molecule has 0 aliphatic heterocycles. The predicted octanol–water partition coefficient (Wildman–Crippen LogP) is 0.626. The first-order valence-electron chi connectivity index (χ1n) is 6.87. The van der Waals surface area contributed by atoms with Gasteiger partial charge in [-0.1, -0.05) is 15.9 Å². The molecular weight excluding hydrogens is 495 g/mol. The van der Waals surface area contributed by atoms with Crippen molar-refractivity contribution in [2.24, 2.45) is 0 Å². The highest BCUT2D eigenvalue weighted by Gasteiger charge is 2.47. The lowest BCUT2D eigenvalue weighted by molar-refractivity contribution is 0.149. The van der Waals surface area contributed by atoms with Crippen molar-refractivity contribution in [1.29, 1.82) is 0 Å². The van der Waals surface area contributed by atoms with Gasteiger partial charge in [0.15, 0.2) is 11.5 Å².